The molecule has 1 saturated carbocycles. The maximum Gasteiger partial charge on any atom is 0.257 e. The van der Waals surface area contributed by atoms with E-state index in [2.05, 4.69) is 17.3 Å². The molecule has 0 unspecified atom stereocenters. The van der Waals surface area contributed by atoms with Gasteiger partial charge in [-0.05, 0) is 82.2 Å². The number of hydrogen-bond donors (Lipinski definition) is 1. The fourth-order valence-electron chi connectivity index (χ4n) is 3.90. The van der Waals surface area contributed by atoms with Gasteiger partial charge >= 0.3 is 0 Å². The van der Waals surface area contributed by atoms with Gasteiger partial charge in [0.1, 0.15) is 5.82 Å². The highest BCUT2D eigenvalue weighted by molar-refractivity contribution is 6.34. The van der Waals surface area contributed by atoms with Crippen LogP contribution in [-0.2, 0) is 4.79 Å². The Morgan fingerprint density at radius 3 is 2.50 bits per heavy atom. The Balaban J connectivity index is 1.56. The molecule has 0 aromatic heterocycles. The minimum Gasteiger partial charge on any atom is -0.322 e. The van der Waals surface area contributed by atoms with Crippen LogP contribution in [0.5, 0.6) is 0 Å². The van der Waals surface area contributed by atoms with Gasteiger partial charge in [-0.2, -0.15) is 0 Å². The van der Waals surface area contributed by atoms with Crippen LogP contribution in [0.15, 0.2) is 42.5 Å². The lowest BCUT2D eigenvalue weighted by molar-refractivity contribution is -0.120. The molecule has 2 aliphatic rings. The van der Waals surface area contributed by atoms with Crippen LogP contribution in [0.2, 0.25) is 5.02 Å². The second-order valence-electron chi connectivity index (χ2n) is 8.15. The molecule has 1 heterocycles. The van der Waals surface area contributed by atoms with E-state index in [1.165, 1.54) is 12.1 Å². The van der Waals surface area contributed by atoms with Gasteiger partial charge in [0.15, 0.2) is 0 Å². The van der Waals surface area contributed by atoms with Gasteiger partial charge in [-0.1, -0.05) is 17.7 Å². The number of piperidine rings is 1. The van der Waals surface area contributed by atoms with E-state index in [9.17, 15) is 14.0 Å². The first-order chi connectivity index (χ1) is 14.4. The molecule has 2 aromatic rings. The van der Waals surface area contributed by atoms with E-state index in [1.807, 2.05) is 23.1 Å². The molecule has 4 rings (SSSR count). The summed E-state index contributed by atoms with van der Waals surface area (Å²) in [6.45, 7) is 1.91. The molecule has 2 fully saturated rings. The van der Waals surface area contributed by atoms with E-state index in [0.717, 1.165) is 50.5 Å². The zero-order valence-electron chi connectivity index (χ0n) is 16.9. The number of anilines is 2. The third-order valence-electron chi connectivity index (χ3n) is 5.78. The van der Waals surface area contributed by atoms with Gasteiger partial charge in [-0.25, -0.2) is 4.39 Å². The molecule has 2 aromatic carbocycles. The Hall–Kier alpha value is -2.44. The van der Waals surface area contributed by atoms with Crippen LogP contribution < -0.4 is 10.2 Å². The topological polar surface area (TPSA) is 52.6 Å². The second kappa shape index (κ2) is 8.74. The van der Waals surface area contributed by atoms with Gasteiger partial charge in [0.25, 0.3) is 5.91 Å². The maximum atomic E-state index is 13.3. The minimum atomic E-state index is -0.495. The average Bonchev–Trinajstić information content (AvgIpc) is 3.55. The Morgan fingerprint density at radius 1 is 1.10 bits per heavy atom. The van der Waals surface area contributed by atoms with Crippen LogP contribution in [0.3, 0.4) is 0 Å². The fraction of sp³-hybridized carbons (Fsp3) is 0.391. The molecule has 7 heteroatoms. The summed E-state index contributed by atoms with van der Waals surface area (Å²) >= 11 is 6.01. The van der Waals surface area contributed by atoms with Crippen molar-refractivity contribution in [3.05, 3.63) is 58.9 Å². The van der Waals surface area contributed by atoms with Crippen molar-refractivity contribution in [2.24, 2.45) is 5.92 Å². The molecule has 30 heavy (non-hydrogen) atoms. The van der Waals surface area contributed by atoms with E-state index in [1.54, 1.807) is 6.07 Å². The zero-order chi connectivity index (χ0) is 21.3. The van der Waals surface area contributed by atoms with Crippen molar-refractivity contribution < 1.29 is 14.0 Å². The van der Waals surface area contributed by atoms with Crippen molar-refractivity contribution >= 4 is 34.8 Å². The summed E-state index contributed by atoms with van der Waals surface area (Å²) < 4.78 is 13.3. The van der Waals surface area contributed by atoms with Crippen LogP contribution in [0, 0.1) is 11.7 Å². The largest absolute Gasteiger partial charge is 0.322 e. The smallest absolute Gasteiger partial charge is 0.257 e. The molecular formula is C23H25ClFN3O2. The SMILES string of the molecule is CN1CCC(N(C(=O)C2CC2)c2cccc(NC(=O)c3ccc(F)cc3Cl)c2)CC1. The van der Waals surface area contributed by atoms with Crippen molar-refractivity contribution in [2.75, 3.05) is 30.4 Å². The lowest BCUT2D eigenvalue weighted by atomic mass is 10.0. The van der Waals surface area contributed by atoms with Crippen molar-refractivity contribution in [1.29, 1.82) is 0 Å². The molecule has 1 saturated heterocycles. The monoisotopic (exact) mass is 429 g/mol. The van der Waals surface area contributed by atoms with E-state index in [0.29, 0.717) is 5.69 Å². The lowest BCUT2D eigenvalue weighted by Gasteiger charge is -2.37. The van der Waals surface area contributed by atoms with E-state index >= 15 is 0 Å². The van der Waals surface area contributed by atoms with Gasteiger partial charge in [0.2, 0.25) is 5.91 Å². The second-order valence-corrected chi connectivity index (χ2v) is 8.55. The number of carbonyl (C=O) groups excluding carboxylic acids is 2. The van der Waals surface area contributed by atoms with Gasteiger partial charge < -0.3 is 15.1 Å². The summed E-state index contributed by atoms with van der Waals surface area (Å²) in [7, 11) is 2.10. The highest BCUT2D eigenvalue weighted by Crippen LogP contribution is 2.36. The molecular weight excluding hydrogens is 405 g/mol. The zero-order valence-corrected chi connectivity index (χ0v) is 17.7. The molecule has 158 valence electrons. The van der Waals surface area contributed by atoms with Crippen molar-refractivity contribution in [2.45, 2.75) is 31.7 Å². The molecule has 1 aliphatic carbocycles. The van der Waals surface area contributed by atoms with Crippen molar-refractivity contribution in [1.82, 2.24) is 4.90 Å². The Labute approximate surface area is 180 Å². The van der Waals surface area contributed by atoms with Crippen LogP contribution >= 0.6 is 11.6 Å². The quantitative estimate of drug-likeness (QED) is 0.757. The maximum absolute atomic E-state index is 13.3. The van der Waals surface area contributed by atoms with Gasteiger partial charge in [-0.3, -0.25) is 9.59 Å². The van der Waals surface area contributed by atoms with Crippen molar-refractivity contribution in [3.63, 3.8) is 0 Å². The standard InChI is InChI=1S/C23H25ClFN3O2/c1-27-11-9-18(10-12-27)28(23(30)15-5-6-15)19-4-2-3-17(14-19)26-22(29)20-8-7-16(25)13-21(20)24/h2-4,7-8,13-15,18H,5-6,9-12H2,1H3,(H,26,29). The number of carbonyl (C=O) groups is 2. The van der Waals surface area contributed by atoms with E-state index < -0.39 is 11.7 Å². The molecule has 0 radical (unpaired) electrons. The third kappa shape index (κ3) is 4.65. The van der Waals surface area contributed by atoms with Crippen LogP contribution in [0.4, 0.5) is 15.8 Å². The predicted molar refractivity (Wildman–Crippen MR) is 117 cm³/mol. The molecule has 1 N–H and O–H groups in total. The highest BCUT2D eigenvalue weighted by Gasteiger charge is 2.38. The first-order valence-corrected chi connectivity index (χ1v) is 10.7. The number of benzene rings is 2. The number of halogens is 2. The van der Waals surface area contributed by atoms with Crippen LogP contribution in [0.25, 0.3) is 0 Å². The highest BCUT2D eigenvalue weighted by atomic mass is 35.5. The van der Waals surface area contributed by atoms with Crippen molar-refractivity contribution in [3.8, 4) is 0 Å². The molecule has 0 bridgehead atoms. The van der Waals surface area contributed by atoms with Crippen LogP contribution in [-0.4, -0.2) is 42.9 Å². The van der Waals surface area contributed by atoms with Gasteiger partial charge in [0, 0.05) is 23.3 Å². The number of hydrogen-bond acceptors (Lipinski definition) is 3. The first kappa shape index (κ1) is 20.8. The fourth-order valence-corrected chi connectivity index (χ4v) is 4.16. The Morgan fingerprint density at radius 2 is 1.83 bits per heavy atom. The molecule has 5 nitrogen and oxygen atoms in total. The summed E-state index contributed by atoms with van der Waals surface area (Å²) in [4.78, 5) is 29.9. The Bertz CT molecular complexity index is 955. The Kier molecular flexibility index (Phi) is 6.06. The lowest BCUT2D eigenvalue weighted by Crippen LogP contribution is -2.47. The van der Waals surface area contributed by atoms with Gasteiger partial charge in [0.05, 0.1) is 10.6 Å². The summed E-state index contributed by atoms with van der Waals surface area (Å²) in [5.74, 6) is -0.627. The summed E-state index contributed by atoms with van der Waals surface area (Å²) in [6, 6.07) is 11.2. The third-order valence-corrected chi connectivity index (χ3v) is 6.09. The summed E-state index contributed by atoms with van der Waals surface area (Å²) in [6.07, 6.45) is 3.75. The molecule has 1 aliphatic heterocycles. The molecule has 0 spiro atoms. The number of amides is 2. The first-order valence-electron chi connectivity index (χ1n) is 10.3. The molecule has 0 atom stereocenters. The molecule has 2 amide bonds. The van der Waals surface area contributed by atoms with Gasteiger partial charge in [-0.15, -0.1) is 0 Å². The minimum absolute atomic E-state index is 0.0560. The normalized spacial score (nSPS) is 17.6. The summed E-state index contributed by atoms with van der Waals surface area (Å²) in [5.41, 5.74) is 1.56. The number of nitrogens with zero attached hydrogens (tertiary/aromatic N) is 2. The predicted octanol–water partition coefficient (Wildman–Crippen LogP) is 4.57. The summed E-state index contributed by atoms with van der Waals surface area (Å²) in [5, 5.41) is 2.87. The number of nitrogens with one attached hydrogen (secondary N) is 1. The average molecular weight is 430 g/mol. The van der Waals surface area contributed by atoms with E-state index in [-0.39, 0.29) is 28.5 Å². The number of likely N-dealkylation sites (tertiary alicyclic amines) is 1. The van der Waals surface area contributed by atoms with E-state index in [4.69, 9.17) is 11.6 Å². The number of rotatable bonds is 5. The van der Waals surface area contributed by atoms with Crippen LogP contribution in [0.1, 0.15) is 36.0 Å².